The summed E-state index contributed by atoms with van der Waals surface area (Å²) < 4.78 is 0. The average molecular weight is 290 g/mol. The third-order valence-corrected chi connectivity index (χ3v) is 3.64. The van der Waals surface area contributed by atoms with Crippen LogP contribution in [0.15, 0.2) is 29.8 Å². The molecular weight excluding hydrogens is 272 g/mol. The highest BCUT2D eigenvalue weighted by Crippen LogP contribution is 2.21. The maximum Gasteiger partial charge on any atom is 0.226 e. The summed E-state index contributed by atoms with van der Waals surface area (Å²) in [5.41, 5.74) is 7.02. The fourth-order valence-corrected chi connectivity index (χ4v) is 2.51. The van der Waals surface area contributed by atoms with E-state index < -0.39 is 0 Å². The van der Waals surface area contributed by atoms with E-state index in [0.717, 1.165) is 29.2 Å². The van der Waals surface area contributed by atoms with Crippen molar-refractivity contribution >= 4 is 17.2 Å². The van der Waals surface area contributed by atoms with Crippen LogP contribution in [0.1, 0.15) is 18.5 Å². The van der Waals surface area contributed by atoms with Crippen molar-refractivity contribution in [2.75, 3.05) is 13.1 Å². The molecule has 0 fully saturated rings. The zero-order valence-electron chi connectivity index (χ0n) is 11.2. The molecule has 2 aromatic rings. The topological polar surface area (TPSA) is 80.9 Å². The molecule has 20 heavy (non-hydrogen) atoms. The molecule has 0 saturated heterocycles. The molecule has 6 heteroatoms. The van der Waals surface area contributed by atoms with E-state index in [4.69, 9.17) is 5.73 Å². The molecule has 2 aromatic heterocycles. The van der Waals surface area contributed by atoms with E-state index in [-0.39, 0.29) is 5.91 Å². The molecule has 2 heterocycles. The smallest absolute Gasteiger partial charge is 0.226 e. The molecule has 0 aliphatic rings. The highest BCUT2D eigenvalue weighted by Gasteiger charge is 2.09. The molecule has 0 aliphatic carbocycles. The standard InChI is InChI=1S/C14H18N4OS/c15-6-2-4-8-17-13(19)9-11-10-20-14(18-11)12-5-1-3-7-16-12/h1,3,5,7,10H,2,4,6,8-9,15H2,(H,17,19). The van der Waals surface area contributed by atoms with E-state index in [1.165, 1.54) is 11.3 Å². The number of thiazole rings is 1. The van der Waals surface area contributed by atoms with Crippen molar-refractivity contribution in [2.24, 2.45) is 5.73 Å². The predicted octanol–water partition coefficient (Wildman–Crippen LogP) is 1.60. The summed E-state index contributed by atoms with van der Waals surface area (Å²) in [6.45, 7) is 1.34. The van der Waals surface area contributed by atoms with Gasteiger partial charge in [-0.15, -0.1) is 11.3 Å². The summed E-state index contributed by atoms with van der Waals surface area (Å²) >= 11 is 1.51. The van der Waals surface area contributed by atoms with Gasteiger partial charge >= 0.3 is 0 Å². The molecule has 0 radical (unpaired) electrons. The van der Waals surface area contributed by atoms with Gasteiger partial charge in [0.2, 0.25) is 5.91 Å². The first-order valence-corrected chi connectivity index (χ1v) is 7.50. The van der Waals surface area contributed by atoms with E-state index in [0.29, 0.717) is 19.5 Å². The monoisotopic (exact) mass is 290 g/mol. The number of hydrogen-bond donors (Lipinski definition) is 2. The van der Waals surface area contributed by atoms with Crippen LogP contribution >= 0.6 is 11.3 Å². The van der Waals surface area contributed by atoms with Crippen LogP contribution in [-0.4, -0.2) is 29.0 Å². The number of rotatable bonds is 7. The third-order valence-electron chi connectivity index (χ3n) is 2.73. The largest absolute Gasteiger partial charge is 0.356 e. The number of nitrogens with zero attached hydrogens (tertiary/aromatic N) is 2. The van der Waals surface area contributed by atoms with E-state index >= 15 is 0 Å². The molecule has 0 atom stereocenters. The molecule has 1 amide bonds. The Hall–Kier alpha value is -1.79. The number of aromatic nitrogens is 2. The Balaban J connectivity index is 1.85. The second-order valence-electron chi connectivity index (χ2n) is 4.38. The molecule has 0 aliphatic heterocycles. The molecule has 5 nitrogen and oxygen atoms in total. The second-order valence-corrected chi connectivity index (χ2v) is 5.24. The van der Waals surface area contributed by atoms with Gasteiger partial charge in [-0.2, -0.15) is 0 Å². The number of carbonyl (C=O) groups is 1. The maximum atomic E-state index is 11.7. The summed E-state index contributed by atoms with van der Waals surface area (Å²) in [7, 11) is 0. The van der Waals surface area contributed by atoms with Gasteiger partial charge in [-0.1, -0.05) is 6.07 Å². The highest BCUT2D eigenvalue weighted by atomic mass is 32.1. The molecule has 0 bridgehead atoms. The van der Waals surface area contributed by atoms with E-state index in [1.807, 2.05) is 23.6 Å². The van der Waals surface area contributed by atoms with Crippen molar-refractivity contribution in [1.82, 2.24) is 15.3 Å². The van der Waals surface area contributed by atoms with Crippen LogP contribution in [0.3, 0.4) is 0 Å². The number of unbranched alkanes of at least 4 members (excludes halogenated alkanes) is 1. The summed E-state index contributed by atoms with van der Waals surface area (Å²) in [4.78, 5) is 20.4. The minimum atomic E-state index is -0.0000997. The minimum absolute atomic E-state index is 0.0000997. The zero-order valence-corrected chi connectivity index (χ0v) is 12.0. The molecule has 3 N–H and O–H groups in total. The van der Waals surface area contributed by atoms with Crippen molar-refractivity contribution in [3.8, 4) is 10.7 Å². The Morgan fingerprint density at radius 3 is 3.00 bits per heavy atom. The maximum absolute atomic E-state index is 11.7. The average Bonchev–Trinajstić information content (AvgIpc) is 2.93. The van der Waals surface area contributed by atoms with Crippen LogP contribution < -0.4 is 11.1 Å². The number of carbonyl (C=O) groups excluding carboxylic acids is 1. The van der Waals surface area contributed by atoms with Crippen molar-refractivity contribution in [3.05, 3.63) is 35.5 Å². The van der Waals surface area contributed by atoms with Gasteiger partial charge in [0, 0.05) is 18.1 Å². The van der Waals surface area contributed by atoms with Crippen LogP contribution in [0.2, 0.25) is 0 Å². The van der Waals surface area contributed by atoms with E-state index in [9.17, 15) is 4.79 Å². The van der Waals surface area contributed by atoms with Crippen molar-refractivity contribution in [3.63, 3.8) is 0 Å². The van der Waals surface area contributed by atoms with Gasteiger partial charge in [0.05, 0.1) is 17.8 Å². The van der Waals surface area contributed by atoms with Gasteiger partial charge in [-0.25, -0.2) is 4.98 Å². The van der Waals surface area contributed by atoms with Crippen molar-refractivity contribution < 1.29 is 4.79 Å². The molecule has 0 unspecified atom stereocenters. The van der Waals surface area contributed by atoms with Gasteiger partial charge in [-0.3, -0.25) is 9.78 Å². The van der Waals surface area contributed by atoms with Gasteiger partial charge in [0.1, 0.15) is 5.01 Å². The Bertz CT molecular complexity index is 541. The van der Waals surface area contributed by atoms with Gasteiger partial charge in [-0.05, 0) is 31.5 Å². The first-order chi connectivity index (χ1) is 9.79. The fraction of sp³-hybridized carbons (Fsp3) is 0.357. The van der Waals surface area contributed by atoms with Crippen LogP contribution in [0.5, 0.6) is 0 Å². The minimum Gasteiger partial charge on any atom is -0.356 e. The second kappa shape index (κ2) is 7.72. The Morgan fingerprint density at radius 2 is 2.25 bits per heavy atom. The summed E-state index contributed by atoms with van der Waals surface area (Å²) in [5, 5.41) is 5.62. The summed E-state index contributed by atoms with van der Waals surface area (Å²) in [6.07, 6.45) is 3.89. The Labute approximate surface area is 122 Å². The normalized spacial score (nSPS) is 10.4. The lowest BCUT2D eigenvalue weighted by atomic mass is 10.3. The zero-order chi connectivity index (χ0) is 14.2. The van der Waals surface area contributed by atoms with Gasteiger partial charge < -0.3 is 11.1 Å². The lowest BCUT2D eigenvalue weighted by Crippen LogP contribution is -2.26. The number of nitrogens with two attached hydrogens (primary N) is 1. The van der Waals surface area contributed by atoms with Gasteiger partial charge in [0.15, 0.2) is 0 Å². The lowest BCUT2D eigenvalue weighted by Gasteiger charge is -2.02. The van der Waals surface area contributed by atoms with Crippen molar-refractivity contribution in [1.29, 1.82) is 0 Å². The van der Waals surface area contributed by atoms with Gasteiger partial charge in [0.25, 0.3) is 0 Å². The number of nitrogens with one attached hydrogen (secondary N) is 1. The van der Waals surface area contributed by atoms with Crippen LogP contribution in [0.25, 0.3) is 10.7 Å². The number of amides is 1. The molecule has 2 rings (SSSR count). The summed E-state index contributed by atoms with van der Waals surface area (Å²) in [6, 6.07) is 5.70. The van der Waals surface area contributed by atoms with E-state index in [2.05, 4.69) is 15.3 Å². The van der Waals surface area contributed by atoms with E-state index in [1.54, 1.807) is 6.20 Å². The first-order valence-electron chi connectivity index (χ1n) is 6.62. The quantitative estimate of drug-likeness (QED) is 0.759. The fourth-order valence-electron chi connectivity index (χ4n) is 1.72. The van der Waals surface area contributed by atoms with Crippen LogP contribution in [-0.2, 0) is 11.2 Å². The Kier molecular flexibility index (Phi) is 5.64. The van der Waals surface area contributed by atoms with Crippen molar-refractivity contribution in [2.45, 2.75) is 19.3 Å². The number of pyridine rings is 1. The molecule has 0 spiro atoms. The molecular formula is C14H18N4OS. The summed E-state index contributed by atoms with van der Waals surface area (Å²) in [5.74, 6) is -0.0000997. The lowest BCUT2D eigenvalue weighted by molar-refractivity contribution is -0.120. The number of hydrogen-bond acceptors (Lipinski definition) is 5. The highest BCUT2D eigenvalue weighted by molar-refractivity contribution is 7.13. The van der Waals surface area contributed by atoms with Crippen LogP contribution in [0, 0.1) is 0 Å². The molecule has 0 saturated carbocycles. The SMILES string of the molecule is NCCCCNC(=O)Cc1csc(-c2ccccn2)n1. The molecule has 106 valence electrons. The Morgan fingerprint density at radius 1 is 1.35 bits per heavy atom. The molecule has 0 aromatic carbocycles. The first kappa shape index (κ1) is 14.6. The third kappa shape index (κ3) is 4.40. The predicted molar refractivity (Wildman–Crippen MR) is 80.3 cm³/mol. The van der Waals surface area contributed by atoms with Crippen LogP contribution in [0.4, 0.5) is 0 Å².